The predicted molar refractivity (Wildman–Crippen MR) is 88.5 cm³/mol. The highest BCUT2D eigenvalue weighted by Gasteiger charge is 2.23. The van der Waals surface area contributed by atoms with Gasteiger partial charge in [0, 0.05) is 36.2 Å². The summed E-state index contributed by atoms with van der Waals surface area (Å²) in [6.07, 6.45) is 5.84. The lowest BCUT2D eigenvalue weighted by molar-refractivity contribution is 0.254. The maximum absolute atomic E-state index is 5.98. The van der Waals surface area contributed by atoms with Crippen molar-refractivity contribution in [1.82, 2.24) is 5.32 Å². The molecule has 1 aliphatic carbocycles. The highest BCUT2D eigenvalue weighted by atomic mass is 16.5. The molecule has 2 aliphatic rings. The third-order valence-corrected chi connectivity index (χ3v) is 4.73. The van der Waals surface area contributed by atoms with Crippen molar-refractivity contribution < 1.29 is 9.47 Å². The lowest BCUT2D eigenvalue weighted by Crippen LogP contribution is -2.37. The summed E-state index contributed by atoms with van der Waals surface area (Å²) < 4.78 is 11.7. The van der Waals surface area contributed by atoms with Crippen molar-refractivity contribution in [2.75, 3.05) is 6.61 Å². The second-order valence-corrected chi connectivity index (χ2v) is 6.63. The summed E-state index contributed by atoms with van der Waals surface area (Å²) in [6.45, 7) is 5.68. The molecule has 0 bridgehead atoms. The molecule has 1 aromatic carbocycles. The van der Waals surface area contributed by atoms with Crippen LogP contribution in [0.25, 0.3) is 0 Å². The second-order valence-electron chi connectivity index (χ2n) is 6.63. The molecule has 0 aromatic heterocycles. The highest BCUT2D eigenvalue weighted by Crippen LogP contribution is 2.35. The smallest absolute Gasteiger partial charge is 0.124 e. The molecule has 1 unspecified atom stereocenters. The molecule has 1 heterocycles. The average Bonchev–Trinajstić information content (AvgIpc) is 2.86. The fraction of sp³-hybridized carbons (Fsp3) is 0.667. The molecular formula is C18H28N2O2. The maximum Gasteiger partial charge on any atom is 0.124 e. The van der Waals surface area contributed by atoms with Crippen molar-refractivity contribution >= 4 is 0 Å². The number of rotatable bonds is 5. The van der Waals surface area contributed by atoms with Crippen molar-refractivity contribution in [1.29, 1.82) is 0 Å². The fourth-order valence-corrected chi connectivity index (χ4v) is 3.49. The van der Waals surface area contributed by atoms with Gasteiger partial charge in [0.1, 0.15) is 17.6 Å². The Bertz CT molecular complexity index is 510. The van der Waals surface area contributed by atoms with Gasteiger partial charge in [-0.05, 0) is 51.7 Å². The van der Waals surface area contributed by atoms with E-state index in [2.05, 4.69) is 24.4 Å². The molecule has 0 spiro atoms. The summed E-state index contributed by atoms with van der Waals surface area (Å²) in [5.41, 5.74) is 8.44. The molecule has 122 valence electrons. The molecule has 4 heteroatoms. The summed E-state index contributed by atoms with van der Waals surface area (Å²) in [7, 11) is 0. The predicted octanol–water partition coefficient (Wildman–Crippen LogP) is 2.77. The van der Waals surface area contributed by atoms with Gasteiger partial charge in [0.05, 0.1) is 6.61 Å². The Kier molecular flexibility index (Phi) is 4.89. The van der Waals surface area contributed by atoms with Crippen LogP contribution in [0.15, 0.2) is 12.1 Å². The van der Waals surface area contributed by atoms with Crippen molar-refractivity contribution in [3.63, 3.8) is 0 Å². The van der Waals surface area contributed by atoms with Gasteiger partial charge >= 0.3 is 0 Å². The van der Waals surface area contributed by atoms with Crippen LogP contribution in [0, 0.1) is 0 Å². The van der Waals surface area contributed by atoms with Crippen LogP contribution in [0.2, 0.25) is 0 Å². The first-order valence-corrected chi connectivity index (χ1v) is 8.60. The number of hydrogen-bond acceptors (Lipinski definition) is 4. The molecule has 0 amide bonds. The third-order valence-electron chi connectivity index (χ3n) is 4.73. The van der Waals surface area contributed by atoms with Gasteiger partial charge in [-0.15, -0.1) is 0 Å². The third kappa shape index (κ3) is 3.55. The topological polar surface area (TPSA) is 56.5 Å². The van der Waals surface area contributed by atoms with Crippen LogP contribution in [0.3, 0.4) is 0 Å². The molecule has 1 atom stereocenters. The molecule has 3 rings (SSSR count). The molecule has 0 radical (unpaired) electrons. The number of fused-ring (bicyclic) bond motifs is 1. The molecule has 0 saturated heterocycles. The van der Waals surface area contributed by atoms with Crippen LogP contribution in [-0.2, 0) is 13.0 Å². The zero-order valence-electron chi connectivity index (χ0n) is 13.7. The van der Waals surface area contributed by atoms with Crippen LogP contribution < -0.4 is 20.5 Å². The summed E-state index contributed by atoms with van der Waals surface area (Å²) in [5, 5.41) is 3.67. The molecule has 22 heavy (non-hydrogen) atoms. The van der Waals surface area contributed by atoms with E-state index >= 15 is 0 Å². The van der Waals surface area contributed by atoms with Gasteiger partial charge in [0.15, 0.2) is 0 Å². The number of benzene rings is 1. The molecule has 1 fully saturated rings. The van der Waals surface area contributed by atoms with Crippen LogP contribution >= 0.6 is 0 Å². The Morgan fingerprint density at radius 1 is 1.27 bits per heavy atom. The fourth-order valence-electron chi connectivity index (χ4n) is 3.49. The van der Waals surface area contributed by atoms with Crippen molar-refractivity contribution in [2.24, 2.45) is 5.73 Å². The Morgan fingerprint density at radius 3 is 2.77 bits per heavy atom. The van der Waals surface area contributed by atoms with Crippen molar-refractivity contribution in [3.05, 3.63) is 23.3 Å². The molecule has 4 nitrogen and oxygen atoms in total. The van der Waals surface area contributed by atoms with Crippen LogP contribution in [0.4, 0.5) is 0 Å². The van der Waals surface area contributed by atoms with Crippen molar-refractivity contribution in [3.8, 4) is 11.5 Å². The largest absolute Gasteiger partial charge is 0.494 e. The SMILES string of the molecule is CCOc1cc2c(cc1CNC1CCC(N)CC1)OC(C)C2. The zero-order chi connectivity index (χ0) is 15.5. The average molecular weight is 304 g/mol. The van der Waals surface area contributed by atoms with Gasteiger partial charge in [-0.3, -0.25) is 0 Å². The summed E-state index contributed by atoms with van der Waals surface area (Å²) in [5.74, 6) is 2.03. The van der Waals surface area contributed by atoms with Crippen LogP contribution in [0.1, 0.15) is 50.7 Å². The Labute approximate surface area is 133 Å². The van der Waals surface area contributed by atoms with Crippen LogP contribution in [0.5, 0.6) is 11.5 Å². The van der Waals surface area contributed by atoms with E-state index in [-0.39, 0.29) is 6.10 Å². The Hall–Kier alpha value is -1.26. The van der Waals surface area contributed by atoms with E-state index in [1.807, 2.05) is 6.92 Å². The van der Waals surface area contributed by atoms with Gasteiger partial charge in [-0.1, -0.05) is 0 Å². The van der Waals surface area contributed by atoms with Gasteiger partial charge in [-0.2, -0.15) is 0 Å². The minimum absolute atomic E-state index is 0.271. The quantitative estimate of drug-likeness (QED) is 0.878. The van der Waals surface area contributed by atoms with Gasteiger partial charge in [0.25, 0.3) is 0 Å². The minimum atomic E-state index is 0.271. The summed E-state index contributed by atoms with van der Waals surface area (Å²) >= 11 is 0. The summed E-state index contributed by atoms with van der Waals surface area (Å²) in [4.78, 5) is 0. The van der Waals surface area contributed by atoms with E-state index in [9.17, 15) is 0 Å². The first-order valence-electron chi connectivity index (χ1n) is 8.60. The molecule has 1 saturated carbocycles. The number of hydrogen-bond donors (Lipinski definition) is 2. The second kappa shape index (κ2) is 6.88. The normalized spacial score (nSPS) is 27.3. The van der Waals surface area contributed by atoms with E-state index in [0.717, 1.165) is 37.3 Å². The number of nitrogens with two attached hydrogens (primary N) is 1. The monoisotopic (exact) mass is 304 g/mol. The van der Waals surface area contributed by atoms with Crippen molar-refractivity contribution in [2.45, 2.75) is 70.7 Å². The van der Waals surface area contributed by atoms with E-state index in [0.29, 0.717) is 18.7 Å². The first kappa shape index (κ1) is 15.6. The van der Waals surface area contributed by atoms with Gasteiger partial charge in [0.2, 0.25) is 0 Å². The van der Waals surface area contributed by atoms with E-state index in [1.54, 1.807) is 0 Å². The Morgan fingerprint density at radius 2 is 2.05 bits per heavy atom. The van der Waals surface area contributed by atoms with Gasteiger partial charge in [-0.25, -0.2) is 0 Å². The van der Waals surface area contributed by atoms with E-state index in [1.165, 1.54) is 24.0 Å². The lowest BCUT2D eigenvalue weighted by atomic mass is 9.91. The standard InChI is InChI=1S/C18H28N2O2/c1-3-21-17-9-13-8-12(2)22-18(13)10-14(17)11-20-16-6-4-15(19)5-7-16/h9-10,12,15-16,20H,3-8,11,19H2,1-2H3. The molecule has 1 aromatic rings. The maximum atomic E-state index is 5.98. The van der Waals surface area contributed by atoms with E-state index < -0.39 is 0 Å². The van der Waals surface area contributed by atoms with Crippen LogP contribution in [-0.4, -0.2) is 24.8 Å². The zero-order valence-corrected chi connectivity index (χ0v) is 13.7. The molecule has 3 N–H and O–H groups in total. The Balaban J connectivity index is 1.68. The lowest BCUT2D eigenvalue weighted by Gasteiger charge is -2.27. The number of ether oxygens (including phenoxy) is 2. The molecular weight excluding hydrogens is 276 g/mol. The minimum Gasteiger partial charge on any atom is -0.494 e. The summed E-state index contributed by atoms with van der Waals surface area (Å²) in [6, 6.07) is 5.29. The number of nitrogens with one attached hydrogen (secondary N) is 1. The van der Waals surface area contributed by atoms with Gasteiger partial charge < -0.3 is 20.5 Å². The van der Waals surface area contributed by atoms with E-state index in [4.69, 9.17) is 15.2 Å². The molecule has 1 aliphatic heterocycles. The first-order chi connectivity index (χ1) is 10.7. The highest BCUT2D eigenvalue weighted by molar-refractivity contribution is 5.48.